The van der Waals surface area contributed by atoms with Crippen molar-refractivity contribution in [2.24, 2.45) is 0 Å². The second-order valence-corrected chi connectivity index (χ2v) is 7.47. The van der Waals surface area contributed by atoms with Gasteiger partial charge in [-0.15, -0.1) is 0 Å². The van der Waals surface area contributed by atoms with Crippen LogP contribution in [-0.4, -0.2) is 44.5 Å². The Kier molecular flexibility index (Phi) is 9.19. The van der Waals surface area contributed by atoms with Crippen molar-refractivity contribution in [3.05, 3.63) is 95.6 Å². The largest absolute Gasteiger partial charge is 0.383 e. The lowest BCUT2D eigenvalue weighted by atomic mass is 10.1. The quantitative estimate of drug-likeness (QED) is 0.329. The van der Waals surface area contributed by atoms with E-state index in [1.807, 2.05) is 30.3 Å². The molecule has 3 amide bonds. The molecule has 8 nitrogen and oxygen atoms in total. The molecular weight excluding hydrogens is 432 g/mol. The third kappa shape index (κ3) is 7.75. The number of hydrogen-bond donors (Lipinski definition) is 4. The van der Waals surface area contributed by atoms with Gasteiger partial charge in [0.2, 0.25) is 5.91 Å². The van der Waals surface area contributed by atoms with Gasteiger partial charge < -0.3 is 26.0 Å². The number of carbonyl (C=O) groups is 3. The van der Waals surface area contributed by atoms with Crippen LogP contribution in [-0.2, 0) is 16.1 Å². The molecule has 0 unspecified atom stereocenters. The first-order chi connectivity index (χ1) is 16.5. The fraction of sp³-hybridized carbons (Fsp3) is 0.192. The molecule has 0 heterocycles. The number of amides is 3. The second-order valence-electron chi connectivity index (χ2n) is 7.47. The SMILES string of the molecule is COCCNC(=O)c1ccc(NCC(=O)Nc2ccc(C(=O)NCc3ccccc3)cc2)cc1. The summed E-state index contributed by atoms with van der Waals surface area (Å²) in [6.45, 7) is 1.39. The normalized spacial score (nSPS) is 10.3. The smallest absolute Gasteiger partial charge is 0.251 e. The van der Waals surface area contributed by atoms with Gasteiger partial charge >= 0.3 is 0 Å². The van der Waals surface area contributed by atoms with Crippen molar-refractivity contribution in [3.63, 3.8) is 0 Å². The van der Waals surface area contributed by atoms with E-state index in [1.165, 1.54) is 0 Å². The van der Waals surface area contributed by atoms with Gasteiger partial charge in [0.1, 0.15) is 0 Å². The minimum atomic E-state index is -0.234. The van der Waals surface area contributed by atoms with Gasteiger partial charge in [-0.05, 0) is 54.1 Å². The van der Waals surface area contributed by atoms with Crippen LogP contribution in [0.2, 0.25) is 0 Å². The minimum Gasteiger partial charge on any atom is -0.383 e. The van der Waals surface area contributed by atoms with Gasteiger partial charge in [0, 0.05) is 42.7 Å². The van der Waals surface area contributed by atoms with Crippen molar-refractivity contribution >= 4 is 29.1 Å². The zero-order valence-corrected chi connectivity index (χ0v) is 19.0. The van der Waals surface area contributed by atoms with E-state index in [0.717, 1.165) is 5.56 Å². The first kappa shape index (κ1) is 24.5. The standard InChI is InChI=1S/C26H28N4O4/c1-34-16-15-27-25(32)20-7-11-22(12-8-20)28-18-24(31)30-23-13-9-21(10-14-23)26(33)29-17-19-5-3-2-4-6-19/h2-14,28H,15-18H2,1H3,(H,27,32)(H,29,33)(H,30,31). The Morgan fingerprint density at radius 3 is 1.94 bits per heavy atom. The molecule has 0 aromatic heterocycles. The topological polar surface area (TPSA) is 109 Å². The molecular formula is C26H28N4O4. The van der Waals surface area contributed by atoms with Crippen LogP contribution in [0.5, 0.6) is 0 Å². The molecule has 0 radical (unpaired) electrons. The highest BCUT2D eigenvalue weighted by molar-refractivity contribution is 5.97. The van der Waals surface area contributed by atoms with Crippen LogP contribution in [0.15, 0.2) is 78.9 Å². The summed E-state index contributed by atoms with van der Waals surface area (Å²) in [4.78, 5) is 36.6. The van der Waals surface area contributed by atoms with Crippen molar-refractivity contribution in [2.45, 2.75) is 6.54 Å². The summed E-state index contributed by atoms with van der Waals surface area (Å²) < 4.78 is 4.91. The van der Waals surface area contributed by atoms with E-state index in [1.54, 1.807) is 55.6 Å². The molecule has 3 aromatic carbocycles. The van der Waals surface area contributed by atoms with E-state index in [0.29, 0.717) is 42.2 Å². The Morgan fingerprint density at radius 1 is 0.735 bits per heavy atom. The number of nitrogens with one attached hydrogen (secondary N) is 4. The average Bonchev–Trinajstić information content (AvgIpc) is 2.87. The predicted octanol–water partition coefficient (Wildman–Crippen LogP) is 3.04. The Morgan fingerprint density at radius 2 is 1.32 bits per heavy atom. The summed E-state index contributed by atoms with van der Waals surface area (Å²) in [6, 6.07) is 23.2. The zero-order chi connectivity index (χ0) is 24.2. The van der Waals surface area contributed by atoms with Gasteiger partial charge in [-0.2, -0.15) is 0 Å². The first-order valence-electron chi connectivity index (χ1n) is 10.9. The lowest BCUT2D eigenvalue weighted by Gasteiger charge is -2.10. The summed E-state index contributed by atoms with van der Waals surface area (Å²) in [6.07, 6.45) is 0. The molecule has 0 atom stereocenters. The number of carbonyl (C=O) groups excluding carboxylic acids is 3. The predicted molar refractivity (Wildman–Crippen MR) is 132 cm³/mol. The molecule has 8 heteroatoms. The Balaban J connectivity index is 1.42. The summed E-state index contributed by atoms with van der Waals surface area (Å²) in [5.74, 6) is -0.597. The molecule has 0 bridgehead atoms. The zero-order valence-electron chi connectivity index (χ0n) is 19.0. The summed E-state index contributed by atoms with van der Waals surface area (Å²) in [7, 11) is 1.57. The van der Waals surface area contributed by atoms with Crippen LogP contribution >= 0.6 is 0 Å². The molecule has 0 saturated carbocycles. The lowest BCUT2D eigenvalue weighted by molar-refractivity contribution is -0.114. The number of rotatable bonds is 11. The van der Waals surface area contributed by atoms with Crippen molar-refractivity contribution in [1.29, 1.82) is 0 Å². The molecule has 0 fully saturated rings. The van der Waals surface area contributed by atoms with Crippen molar-refractivity contribution < 1.29 is 19.1 Å². The van der Waals surface area contributed by atoms with Gasteiger partial charge in [0.25, 0.3) is 11.8 Å². The van der Waals surface area contributed by atoms with E-state index in [-0.39, 0.29) is 24.3 Å². The maximum atomic E-state index is 12.3. The monoisotopic (exact) mass is 460 g/mol. The van der Waals surface area contributed by atoms with Crippen LogP contribution in [0.3, 0.4) is 0 Å². The van der Waals surface area contributed by atoms with Gasteiger partial charge in [-0.3, -0.25) is 14.4 Å². The number of anilines is 2. The van der Waals surface area contributed by atoms with Crippen LogP contribution in [0, 0.1) is 0 Å². The maximum absolute atomic E-state index is 12.3. The molecule has 0 saturated heterocycles. The number of hydrogen-bond acceptors (Lipinski definition) is 5. The molecule has 176 valence electrons. The molecule has 4 N–H and O–H groups in total. The van der Waals surface area contributed by atoms with E-state index in [9.17, 15) is 14.4 Å². The van der Waals surface area contributed by atoms with Crippen molar-refractivity contribution in [1.82, 2.24) is 10.6 Å². The highest BCUT2D eigenvalue weighted by Gasteiger charge is 2.08. The number of methoxy groups -OCH3 is 1. The minimum absolute atomic E-state index is 0.0543. The summed E-state index contributed by atoms with van der Waals surface area (Å²) >= 11 is 0. The van der Waals surface area contributed by atoms with Gasteiger partial charge in [-0.25, -0.2) is 0 Å². The van der Waals surface area contributed by atoms with E-state index < -0.39 is 0 Å². The van der Waals surface area contributed by atoms with Crippen LogP contribution in [0.25, 0.3) is 0 Å². The Bertz CT molecular complexity index is 1080. The average molecular weight is 461 g/mol. The van der Waals surface area contributed by atoms with Gasteiger partial charge in [0.15, 0.2) is 0 Å². The Labute approximate surface area is 198 Å². The third-order valence-corrected chi connectivity index (χ3v) is 4.92. The highest BCUT2D eigenvalue weighted by Crippen LogP contribution is 2.12. The van der Waals surface area contributed by atoms with Crippen molar-refractivity contribution in [2.75, 3.05) is 37.4 Å². The van der Waals surface area contributed by atoms with Crippen LogP contribution in [0.1, 0.15) is 26.3 Å². The number of ether oxygens (including phenoxy) is 1. The van der Waals surface area contributed by atoms with Crippen LogP contribution in [0.4, 0.5) is 11.4 Å². The van der Waals surface area contributed by atoms with Crippen molar-refractivity contribution in [3.8, 4) is 0 Å². The number of benzene rings is 3. The summed E-state index contributed by atoms with van der Waals surface area (Å²) in [5, 5.41) is 11.4. The fourth-order valence-corrected chi connectivity index (χ4v) is 3.08. The van der Waals surface area contributed by atoms with E-state index in [4.69, 9.17) is 4.74 Å². The summed E-state index contributed by atoms with van der Waals surface area (Å²) in [5.41, 5.74) is 3.37. The molecule has 0 aliphatic heterocycles. The first-order valence-corrected chi connectivity index (χ1v) is 10.9. The Hall–Kier alpha value is -4.17. The maximum Gasteiger partial charge on any atom is 0.251 e. The molecule has 0 aliphatic carbocycles. The van der Waals surface area contributed by atoms with Crippen LogP contribution < -0.4 is 21.3 Å². The van der Waals surface area contributed by atoms with Gasteiger partial charge in [-0.1, -0.05) is 30.3 Å². The molecule has 34 heavy (non-hydrogen) atoms. The molecule has 3 rings (SSSR count). The molecule has 0 aliphatic rings. The fourth-order valence-electron chi connectivity index (χ4n) is 3.08. The second kappa shape index (κ2) is 12.8. The molecule has 3 aromatic rings. The lowest BCUT2D eigenvalue weighted by Crippen LogP contribution is -2.26. The van der Waals surface area contributed by atoms with Gasteiger partial charge in [0.05, 0.1) is 13.2 Å². The third-order valence-electron chi connectivity index (χ3n) is 4.92. The van der Waals surface area contributed by atoms with E-state index in [2.05, 4.69) is 21.3 Å². The highest BCUT2D eigenvalue weighted by atomic mass is 16.5. The van der Waals surface area contributed by atoms with E-state index >= 15 is 0 Å². The molecule has 0 spiro atoms.